The maximum atomic E-state index is 9.00. The smallest absolute Gasteiger partial charge is 0.300 e. The number of carboxylic acid groups (broad SMARTS) is 1. The number of aliphatic hydroxyl groups is 1. The van der Waals surface area contributed by atoms with E-state index in [4.69, 9.17) is 26.5 Å². The number of aromatic nitrogens is 1. The van der Waals surface area contributed by atoms with Gasteiger partial charge in [0.05, 0.1) is 5.69 Å². The number of carbonyl (C=O) groups is 1. The number of halogens is 1. The summed E-state index contributed by atoms with van der Waals surface area (Å²) in [5.74, 6) is -0.184. The Balaban J connectivity index is 0. The van der Waals surface area contributed by atoms with E-state index >= 15 is 0 Å². The van der Waals surface area contributed by atoms with Crippen molar-refractivity contribution in [3.05, 3.63) is 42.5 Å². The number of aliphatic carboxylic acids is 1. The Morgan fingerprint density at radius 3 is 2.04 bits per heavy atom. The van der Waals surface area contributed by atoms with Crippen molar-refractivity contribution in [1.29, 1.82) is 0 Å². The van der Waals surface area contributed by atoms with Crippen molar-refractivity contribution in [1.82, 2.24) is 4.98 Å². The van der Waals surface area contributed by atoms with Crippen LogP contribution in [0, 0.1) is 0 Å². The van der Waals surface area contributed by atoms with Crippen LogP contribution in [0.2, 0.25) is 0 Å². The van der Waals surface area contributed by atoms with Gasteiger partial charge in [0.25, 0.3) is 5.97 Å². The van der Waals surface area contributed by atoms with E-state index in [1.165, 1.54) is 0 Å². The molecule has 0 aliphatic carbocycles. The van der Waals surface area contributed by atoms with Gasteiger partial charge in [-0.05, 0) is 24.3 Å². The first-order chi connectivity index (χ1) is 10.5. The van der Waals surface area contributed by atoms with Gasteiger partial charge in [0.2, 0.25) is 0 Å². The molecule has 0 fully saturated rings. The zero-order valence-corrected chi connectivity index (χ0v) is 13.6. The lowest BCUT2D eigenvalue weighted by Gasteiger charge is -1.98. The van der Waals surface area contributed by atoms with E-state index in [9.17, 15) is 0 Å². The van der Waals surface area contributed by atoms with Crippen molar-refractivity contribution >= 4 is 41.4 Å². The van der Waals surface area contributed by atoms with E-state index in [-0.39, 0.29) is 18.2 Å². The molecule has 1 aromatic carbocycles. The summed E-state index contributed by atoms with van der Waals surface area (Å²) in [6.07, 6.45) is 0. The fraction of sp³-hybridized carbons (Fsp3) is 0.143. The number of carboxylic acids is 1. The number of nitrogens with zero attached hydrogens (tertiary/aromatic N) is 3. The zero-order valence-electron chi connectivity index (χ0n) is 12.7. The highest BCUT2D eigenvalue weighted by molar-refractivity contribution is 5.85. The fourth-order valence-corrected chi connectivity index (χ4v) is 1.17. The number of rotatable bonds is 2. The zero-order chi connectivity index (χ0) is 17.0. The molecule has 126 valence electrons. The topological polar surface area (TPSA) is 147 Å². The Labute approximate surface area is 140 Å². The monoisotopic (exact) mass is 341 g/mol. The van der Waals surface area contributed by atoms with Crippen molar-refractivity contribution in [3.8, 4) is 0 Å². The maximum absolute atomic E-state index is 9.00. The van der Waals surface area contributed by atoms with Crippen LogP contribution in [0.1, 0.15) is 6.92 Å². The third-order valence-corrected chi connectivity index (χ3v) is 1.95. The van der Waals surface area contributed by atoms with E-state index in [2.05, 4.69) is 15.2 Å². The number of aliphatic hydroxyl groups excluding tert-OH is 1. The minimum absolute atomic E-state index is 0. The molecule has 0 saturated carbocycles. The number of hydrogen-bond acceptors (Lipinski definition) is 7. The second-order valence-electron chi connectivity index (χ2n) is 3.70. The van der Waals surface area contributed by atoms with Crippen LogP contribution in [-0.2, 0) is 4.79 Å². The third-order valence-electron chi connectivity index (χ3n) is 1.95. The van der Waals surface area contributed by atoms with Gasteiger partial charge in [-0.25, -0.2) is 4.98 Å². The van der Waals surface area contributed by atoms with Crippen LogP contribution in [0.25, 0.3) is 0 Å². The Hall–Kier alpha value is -2.71. The molecule has 23 heavy (non-hydrogen) atoms. The molecule has 0 aliphatic heterocycles. The molecule has 0 amide bonds. The number of anilines is 2. The minimum Gasteiger partial charge on any atom is -0.481 e. The van der Waals surface area contributed by atoms with Crippen molar-refractivity contribution in [2.45, 2.75) is 6.92 Å². The predicted octanol–water partition coefficient (Wildman–Crippen LogP) is 2.78. The molecule has 6 N–H and O–H groups in total. The molecule has 8 nitrogen and oxygen atoms in total. The van der Waals surface area contributed by atoms with Crippen LogP contribution >= 0.6 is 12.4 Å². The normalized spacial score (nSPS) is 8.83. The maximum Gasteiger partial charge on any atom is 0.300 e. The lowest BCUT2D eigenvalue weighted by Crippen LogP contribution is -1.95. The van der Waals surface area contributed by atoms with E-state index in [0.29, 0.717) is 11.5 Å². The molecule has 9 heteroatoms. The number of nitrogen functional groups attached to an aromatic ring is 2. The van der Waals surface area contributed by atoms with Crippen molar-refractivity contribution in [3.63, 3.8) is 0 Å². The standard InChI is InChI=1S/C11H11N5.C2H4O2.CH4O.ClH/c12-10-7-6-9(11(13)14-10)16-15-8-4-2-1-3-5-8;1-2(3)4;1-2;/h1-7H,(H4,12,13,14);1H3,(H,3,4);2H,1H3;1H. The number of azo groups is 1. The summed E-state index contributed by atoms with van der Waals surface area (Å²) < 4.78 is 0. The SMILES string of the molecule is CC(=O)O.CO.Cl.Nc1ccc(N=Nc2ccccc2)c(N)n1. The highest BCUT2D eigenvalue weighted by Gasteiger charge is 1.98. The quantitative estimate of drug-likeness (QED) is 0.617. The summed E-state index contributed by atoms with van der Waals surface area (Å²) in [4.78, 5) is 12.9. The molecular formula is C14H20ClN5O3. The molecule has 0 unspecified atom stereocenters. The lowest BCUT2D eigenvalue weighted by atomic mass is 10.3. The van der Waals surface area contributed by atoms with Crippen LogP contribution < -0.4 is 11.5 Å². The molecule has 2 rings (SSSR count). The summed E-state index contributed by atoms with van der Waals surface area (Å²) in [6, 6.07) is 12.7. The first-order valence-electron chi connectivity index (χ1n) is 6.12. The molecule has 1 aromatic heterocycles. The van der Waals surface area contributed by atoms with Crippen LogP contribution in [-0.4, -0.2) is 28.3 Å². The molecule has 0 radical (unpaired) electrons. The summed E-state index contributed by atoms with van der Waals surface area (Å²) in [7, 11) is 1.00. The van der Waals surface area contributed by atoms with Gasteiger partial charge in [-0.3, -0.25) is 4.79 Å². The molecule has 1 heterocycles. The minimum atomic E-state index is -0.833. The van der Waals surface area contributed by atoms with Crippen molar-refractivity contribution < 1.29 is 15.0 Å². The molecule has 2 aromatic rings. The molecule has 0 spiro atoms. The third kappa shape index (κ3) is 10.6. The summed E-state index contributed by atoms with van der Waals surface area (Å²) >= 11 is 0. The second-order valence-corrected chi connectivity index (χ2v) is 3.70. The van der Waals surface area contributed by atoms with Crippen molar-refractivity contribution in [2.24, 2.45) is 10.2 Å². The van der Waals surface area contributed by atoms with Gasteiger partial charge in [0.1, 0.15) is 11.5 Å². The van der Waals surface area contributed by atoms with Crippen LogP contribution in [0.3, 0.4) is 0 Å². The van der Waals surface area contributed by atoms with E-state index in [1.807, 2.05) is 30.3 Å². The van der Waals surface area contributed by atoms with Gasteiger partial charge in [-0.1, -0.05) is 18.2 Å². The van der Waals surface area contributed by atoms with Crippen LogP contribution in [0.5, 0.6) is 0 Å². The van der Waals surface area contributed by atoms with Crippen molar-refractivity contribution in [2.75, 3.05) is 18.6 Å². The largest absolute Gasteiger partial charge is 0.481 e. The second kappa shape index (κ2) is 13.0. The average Bonchev–Trinajstić information content (AvgIpc) is 2.49. The Morgan fingerprint density at radius 1 is 1.04 bits per heavy atom. The average molecular weight is 342 g/mol. The van der Waals surface area contributed by atoms with Gasteiger partial charge in [-0.15, -0.1) is 17.5 Å². The van der Waals surface area contributed by atoms with Gasteiger partial charge >= 0.3 is 0 Å². The van der Waals surface area contributed by atoms with Gasteiger partial charge in [0.15, 0.2) is 5.82 Å². The number of benzene rings is 1. The molecule has 0 saturated heterocycles. The number of pyridine rings is 1. The molecule has 0 bridgehead atoms. The molecule has 0 atom stereocenters. The summed E-state index contributed by atoms with van der Waals surface area (Å²) in [6.45, 7) is 1.08. The first-order valence-corrected chi connectivity index (χ1v) is 6.12. The number of nitrogens with two attached hydrogens (primary N) is 2. The molecular weight excluding hydrogens is 322 g/mol. The fourth-order valence-electron chi connectivity index (χ4n) is 1.17. The summed E-state index contributed by atoms with van der Waals surface area (Å²) in [5, 5.41) is 22.4. The van der Waals surface area contributed by atoms with E-state index in [1.54, 1.807) is 12.1 Å². The van der Waals surface area contributed by atoms with Gasteiger partial charge in [-0.2, -0.15) is 5.11 Å². The van der Waals surface area contributed by atoms with Crippen LogP contribution in [0.4, 0.5) is 23.0 Å². The summed E-state index contributed by atoms with van der Waals surface area (Å²) in [5.41, 5.74) is 12.4. The Bertz CT molecular complexity index is 605. The van der Waals surface area contributed by atoms with Gasteiger partial charge in [0, 0.05) is 14.0 Å². The highest BCUT2D eigenvalue weighted by atomic mass is 35.5. The lowest BCUT2D eigenvalue weighted by molar-refractivity contribution is -0.134. The molecule has 0 aliphatic rings. The van der Waals surface area contributed by atoms with Crippen LogP contribution in [0.15, 0.2) is 52.7 Å². The van der Waals surface area contributed by atoms with E-state index < -0.39 is 5.97 Å². The Kier molecular flexibility index (Phi) is 12.7. The highest BCUT2D eigenvalue weighted by Crippen LogP contribution is 2.23. The number of hydrogen-bond donors (Lipinski definition) is 4. The first kappa shape index (κ1) is 22.6. The van der Waals surface area contributed by atoms with Gasteiger partial charge < -0.3 is 21.7 Å². The Morgan fingerprint density at radius 2 is 1.57 bits per heavy atom. The van der Waals surface area contributed by atoms with E-state index in [0.717, 1.165) is 19.7 Å². The predicted molar refractivity (Wildman–Crippen MR) is 92.4 cm³/mol.